The maximum absolute atomic E-state index is 6.83. The molecule has 0 saturated heterocycles. The van der Waals surface area contributed by atoms with E-state index in [9.17, 15) is 0 Å². The molecule has 3 heterocycles. The predicted molar refractivity (Wildman–Crippen MR) is 213 cm³/mol. The Balaban J connectivity index is 1.16. The Labute approximate surface area is 299 Å². The lowest BCUT2D eigenvalue weighted by Crippen LogP contribution is -2.03. The van der Waals surface area contributed by atoms with Crippen molar-refractivity contribution < 1.29 is 4.42 Å². The number of benzene rings is 7. The van der Waals surface area contributed by atoms with Crippen LogP contribution in [0.1, 0.15) is 17.7 Å². The van der Waals surface area contributed by atoms with Crippen LogP contribution in [0.3, 0.4) is 0 Å². The molecule has 244 valence electrons. The molecule has 10 aromatic rings. The zero-order valence-corrected chi connectivity index (χ0v) is 28.1. The van der Waals surface area contributed by atoms with E-state index in [-0.39, 0.29) is 0 Å². The lowest BCUT2D eigenvalue weighted by atomic mass is 10.0. The van der Waals surface area contributed by atoms with Gasteiger partial charge in [0, 0.05) is 44.1 Å². The molecule has 7 aromatic carbocycles. The van der Waals surface area contributed by atoms with Gasteiger partial charge in [0.15, 0.2) is 23.1 Å². The lowest BCUT2D eigenvalue weighted by molar-refractivity contribution is 0.665. The van der Waals surface area contributed by atoms with Gasteiger partial charge in [-0.05, 0) is 64.7 Å². The minimum atomic E-state index is 0.606. The third-order valence-electron chi connectivity index (χ3n) is 10.5. The number of rotatable bonds is 4. The summed E-state index contributed by atoms with van der Waals surface area (Å²) in [5.41, 5.74) is 9.26. The molecule has 0 spiro atoms. The van der Waals surface area contributed by atoms with Gasteiger partial charge in [0.1, 0.15) is 5.58 Å². The summed E-state index contributed by atoms with van der Waals surface area (Å²) in [4.78, 5) is 15.5. The Hall–Kier alpha value is -6.85. The van der Waals surface area contributed by atoms with Crippen LogP contribution in [0.5, 0.6) is 0 Å². The quantitative estimate of drug-likeness (QED) is 0.188. The fourth-order valence-electron chi connectivity index (χ4n) is 8.05. The number of para-hydroxylation sites is 2. The number of hydrogen-bond donors (Lipinski definition) is 0. The number of allylic oxidation sites excluding steroid dienone is 1. The van der Waals surface area contributed by atoms with Gasteiger partial charge in [-0.3, -0.25) is 0 Å². The Morgan fingerprint density at radius 1 is 0.538 bits per heavy atom. The van der Waals surface area contributed by atoms with E-state index in [0.717, 1.165) is 67.9 Å². The molecule has 0 saturated carbocycles. The molecule has 3 aromatic heterocycles. The van der Waals surface area contributed by atoms with Crippen LogP contribution >= 0.6 is 0 Å². The summed E-state index contributed by atoms with van der Waals surface area (Å²) in [6, 6.07) is 50.9. The van der Waals surface area contributed by atoms with Crippen molar-refractivity contribution in [2.24, 2.45) is 0 Å². The fourth-order valence-corrected chi connectivity index (χ4v) is 8.05. The van der Waals surface area contributed by atoms with E-state index >= 15 is 0 Å². The van der Waals surface area contributed by atoms with Crippen LogP contribution in [0.2, 0.25) is 0 Å². The van der Waals surface area contributed by atoms with Gasteiger partial charge in [-0.25, -0.2) is 15.0 Å². The van der Waals surface area contributed by atoms with E-state index in [1.165, 1.54) is 32.9 Å². The van der Waals surface area contributed by atoms with Crippen molar-refractivity contribution in [3.8, 4) is 39.9 Å². The van der Waals surface area contributed by atoms with E-state index in [0.29, 0.717) is 17.5 Å². The van der Waals surface area contributed by atoms with E-state index in [2.05, 4.69) is 150 Å². The second-order valence-corrected chi connectivity index (χ2v) is 13.5. The first kappa shape index (κ1) is 28.9. The summed E-state index contributed by atoms with van der Waals surface area (Å²) in [6.45, 7) is 0. The first-order valence-corrected chi connectivity index (χ1v) is 17.8. The molecule has 1 aliphatic carbocycles. The van der Waals surface area contributed by atoms with Gasteiger partial charge in [-0.2, -0.15) is 0 Å². The third-order valence-corrected chi connectivity index (χ3v) is 10.5. The van der Waals surface area contributed by atoms with E-state index in [1.807, 2.05) is 12.1 Å². The summed E-state index contributed by atoms with van der Waals surface area (Å²) in [7, 11) is 0. The normalized spacial score (nSPS) is 12.8. The van der Waals surface area contributed by atoms with E-state index in [1.54, 1.807) is 0 Å². The molecule has 0 radical (unpaired) electrons. The van der Waals surface area contributed by atoms with Gasteiger partial charge in [-0.15, -0.1) is 0 Å². The standard InChI is InChI=1S/C47H30N4O/c1-3-13-31-27-33(25-23-29(31)11-1)45-48-46(34-26-24-30-12-2-4-14-32(30)28-34)50-47(49-45)38-18-10-22-42-43(38)37-17-9-21-41(44(37)52-42)51-39-19-7-5-15-35(39)36-16-6-8-20-40(36)51/h1-7,9-19,21-28H,8,20H2. The molecule has 52 heavy (non-hydrogen) atoms. The molecule has 0 bridgehead atoms. The zero-order chi connectivity index (χ0) is 34.2. The molecule has 11 rings (SSSR count). The number of furan rings is 1. The minimum Gasteiger partial charge on any atom is -0.454 e. The van der Waals surface area contributed by atoms with Crippen LogP contribution in [0.4, 0.5) is 0 Å². The van der Waals surface area contributed by atoms with Crippen molar-refractivity contribution in [1.82, 2.24) is 19.5 Å². The molecule has 0 unspecified atom stereocenters. The Bertz CT molecular complexity index is 3000. The summed E-state index contributed by atoms with van der Waals surface area (Å²) in [5.74, 6) is 1.86. The first-order valence-electron chi connectivity index (χ1n) is 17.8. The van der Waals surface area contributed by atoms with Crippen molar-refractivity contribution in [1.29, 1.82) is 0 Å². The van der Waals surface area contributed by atoms with Crippen LogP contribution < -0.4 is 0 Å². The molecule has 5 heteroatoms. The number of nitrogens with zero attached hydrogens (tertiary/aromatic N) is 4. The van der Waals surface area contributed by atoms with Gasteiger partial charge in [0.2, 0.25) is 0 Å². The van der Waals surface area contributed by atoms with Crippen molar-refractivity contribution in [3.05, 3.63) is 163 Å². The molecule has 0 fully saturated rings. The second-order valence-electron chi connectivity index (χ2n) is 13.5. The highest BCUT2D eigenvalue weighted by atomic mass is 16.3. The monoisotopic (exact) mass is 666 g/mol. The maximum Gasteiger partial charge on any atom is 0.164 e. The molecule has 0 N–H and O–H groups in total. The largest absolute Gasteiger partial charge is 0.454 e. The molecule has 0 atom stereocenters. The zero-order valence-electron chi connectivity index (χ0n) is 28.1. The predicted octanol–water partition coefficient (Wildman–Crippen LogP) is 12.0. The van der Waals surface area contributed by atoms with Crippen LogP contribution in [0.15, 0.2) is 156 Å². The van der Waals surface area contributed by atoms with Gasteiger partial charge in [-0.1, -0.05) is 127 Å². The number of hydrogen-bond acceptors (Lipinski definition) is 4. The molecule has 0 aliphatic heterocycles. The Morgan fingerprint density at radius 2 is 1.17 bits per heavy atom. The first-order chi connectivity index (χ1) is 25.8. The van der Waals surface area contributed by atoms with Crippen molar-refractivity contribution in [2.45, 2.75) is 12.8 Å². The molecular weight excluding hydrogens is 637 g/mol. The minimum absolute atomic E-state index is 0.606. The summed E-state index contributed by atoms with van der Waals surface area (Å²) >= 11 is 0. The topological polar surface area (TPSA) is 56.7 Å². The number of aromatic nitrogens is 4. The summed E-state index contributed by atoms with van der Waals surface area (Å²) in [6.07, 6.45) is 6.54. The third kappa shape index (κ3) is 4.46. The smallest absolute Gasteiger partial charge is 0.164 e. The molecule has 0 amide bonds. The highest BCUT2D eigenvalue weighted by molar-refractivity contribution is 6.14. The average Bonchev–Trinajstić information content (AvgIpc) is 3.76. The maximum atomic E-state index is 6.83. The Morgan fingerprint density at radius 3 is 1.92 bits per heavy atom. The molecular formula is C47H30N4O. The van der Waals surface area contributed by atoms with Crippen LogP contribution in [-0.4, -0.2) is 19.5 Å². The van der Waals surface area contributed by atoms with E-state index in [4.69, 9.17) is 19.4 Å². The highest BCUT2D eigenvalue weighted by Crippen LogP contribution is 2.41. The van der Waals surface area contributed by atoms with Crippen LogP contribution in [0.25, 0.3) is 100 Å². The highest BCUT2D eigenvalue weighted by Gasteiger charge is 2.23. The fraction of sp³-hybridized carbons (Fsp3) is 0.0426. The Kier molecular flexibility index (Phi) is 6.31. The molecule has 1 aliphatic rings. The van der Waals surface area contributed by atoms with Crippen LogP contribution in [-0.2, 0) is 6.42 Å². The average molecular weight is 667 g/mol. The van der Waals surface area contributed by atoms with Crippen molar-refractivity contribution >= 4 is 60.5 Å². The summed E-state index contributed by atoms with van der Waals surface area (Å²) in [5, 5.41) is 7.90. The lowest BCUT2D eigenvalue weighted by Gasteiger charge is -2.13. The van der Waals surface area contributed by atoms with Gasteiger partial charge in [0.05, 0.1) is 11.2 Å². The second kappa shape index (κ2) is 11.3. The molecule has 5 nitrogen and oxygen atoms in total. The van der Waals surface area contributed by atoms with Crippen molar-refractivity contribution in [3.63, 3.8) is 0 Å². The number of fused-ring (bicyclic) bond motifs is 8. The van der Waals surface area contributed by atoms with E-state index < -0.39 is 0 Å². The van der Waals surface area contributed by atoms with Gasteiger partial charge < -0.3 is 8.98 Å². The summed E-state index contributed by atoms with van der Waals surface area (Å²) < 4.78 is 9.23. The van der Waals surface area contributed by atoms with Gasteiger partial charge >= 0.3 is 0 Å². The van der Waals surface area contributed by atoms with Crippen molar-refractivity contribution in [2.75, 3.05) is 0 Å². The van der Waals surface area contributed by atoms with Gasteiger partial charge in [0.25, 0.3) is 0 Å². The van der Waals surface area contributed by atoms with Crippen LogP contribution in [0, 0.1) is 0 Å². The SMILES string of the molecule is C1=Cc2c(n(-c3cccc4c3oc3cccc(-c5nc(-c6ccc7ccccc7c6)nc(-c6ccc7ccccc7c6)n5)c34)c3ccccc23)CC1.